The summed E-state index contributed by atoms with van der Waals surface area (Å²) in [6.07, 6.45) is -0.354. The van der Waals surface area contributed by atoms with Crippen molar-refractivity contribution in [3.05, 3.63) is 71.4 Å². The third kappa shape index (κ3) is 6.37. The van der Waals surface area contributed by atoms with Gasteiger partial charge in [-0.15, -0.1) is 0 Å². The average molecular weight is 502 g/mol. The standard InChI is InChI=1S/C13H16F3NO.C13H14N4O/c1-18-12-4-2-3-10(7-12)11-5-6-17(8-11)9-13(14,15)16;14-13(18)15-12-10-7-4-8-11(10)16-17(12)9-5-2-1-3-6-9/h2-4,7,11H,5-6,8-9H2,1H3;1-3,5-6H,4,7-8H2,(H3,14,15,18)/t11-;/m0./s1. The molecule has 2 aromatic carbocycles. The third-order valence-corrected chi connectivity index (χ3v) is 6.39. The number of rotatable bonds is 5. The third-order valence-electron chi connectivity index (χ3n) is 6.39. The molecule has 0 unspecified atom stereocenters. The highest BCUT2D eigenvalue weighted by atomic mass is 19.4. The van der Waals surface area contributed by atoms with Crippen molar-refractivity contribution in [3.63, 3.8) is 0 Å². The van der Waals surface area contributed by atoms with Crippen LogP contribution in [0.25, 0.3) is 5.69 Å². The Labute approximate surface area is 208 Å². The van der Waals surface area contributed by atoms with Crippen molar-refractivity contribution < 1.29 is 22.7 Å². The number of urea groups is 1. The summed E-state index contributed by atoms with van der Waals surface area (Å²) >= 11 is 0. The Hall–Kier alpha value is -3.53. The largest absolute Gasteiger partial charge is 0.497 e. The Kier molecular flexibility index (Phi) is 7.83. The van der Waals surface area contributed by atoms with Crippen molar-refractivity contribution >= 4 is 11.8 Å². The number of hydrogen-bond acceptors (Lipinski definition) is 4. The molecule has 36 heavy (non-hydrogen) atoms. The summed E-state index contributed by atoms with van der Waals surface area (Å²) in [5, 5.41) is 7.25. The number of aromatic nitrogens is 2. The molecule has 2 aliphatic rings. The first-order valence-electron chi connectivity index (χ1n) is 11.9. The minimum Gasteiger partial charge on any atom is -0.497 e. The molecule has 1 aromatic heterocycles. The predicted octanol–water partition coefficient (Wildman–Crippen LogP) is 4.90. The van der Waals surface area contributed by atoms with Gasteiger partial charge in [-0.3, -0.25) is 10.2 Å². The molecule has 5 rings (SSSR count). The van der Waals surface area contributed by atoms with Gasteiger partial charge in [0.1, 0.15) is 11.6 Å². The van der Waals surface area contributed by atoms with Crippen LogP contribution in [0.3, 0.4) is 0 Å². The first-order chi connectivity index (χ1) is 17.2. The lowest BCUT2D eigenvalue weighted by Gasteiger charge is -2.18. The van der Waals surface area contributed by atoms with E-state index < -0.39 is 18.8 Å². The van der Waals surface area contributed by atoms with Crippen LogP contribution >= 0.6 is 0 Å². The first kappa shape index (κ1) is 25.6. The zero-order valence-electron chi connectivity index (χ0n) is 20.1. The SMILES string of the molecule is COc1cccc([C@H]2CCN(CC(F)(F)F)C2)c1.NC(=O)Nc1c2c(nn1-c1ccccc1)CCC2. The van der Waals surface area contributed by atoms with E-state index in [1.54, 1.807) is 11.8 Å². The number of carbonyl (C=O) groups is 1. The highest BCUT2D eigenvalue weighted by Gasteiger charge is 2.34. The fourth-order valence-electron chi connectivity index (χ4n) is 4.79. The summed E-state index contributed by atoms with van der Waals surface area (Å²) in [7, 11) is 1.59. The number of carbonyl (C=O) groups excluding carboxylic acids is 1. The van der Waals surface area contributed by atoms with Crippen LogP contribution in [-0.4, -0.2) is 53.6 Å². The maximum Gasteiger partial charge on any atom is 0.401 e. The molecule has 1 saturated heterocycles. The monoisotopic (exact) mass is 501 g/mol. The van der Waals surface area contributed by atoms with Crippen LogP contribution in [-0.2, 0) is 12.8 Å². The number of amides is 2. The van der Waals surface area contributed by atoms with E-state index in [-0.39, 0.29) is 5.92 Å². The Balaban J connectivity index is 0.000000169. The number of benzene rings is 2. The first-order valence-corrected chi connectivity index (χ1v) is 11.9. The molecule has 192 valence electrons. The molecule has 1 aliphatic heterocycles. The molecule has 3 aromatic rings. The number of nitrogens with zero attached hydrogens (tertiary/aromatic N) is 3. The number of anilines is 1. The summed E-state index contributed by atoms with van der Waals surface area (Å²) in [6, 6.07) is 16.7. The number of likely N-dealkylation sites (tertiary alicyclic amines) is 1. The number of nitrogens with one attached hydrogen (secondary N) is 1. The molecule has 0 radical (unpaired) electrons. The van der Waals surface area contributed by atoms with E-state index in [2.05, 4.69) is 10.4 Å². The summed E-state index contributed by atoms with van der Waals surface area (Å²) in [5.41, 5.74) is 9.38. The summed E-state index contributed by atoms with van der Waals surface area (Å²) < 4.78 is 43.8. The number of halogens is 3. The van der Waals surface area contributed by atoms with Gasteiger partial charge >= 0.3 is 12.2 Å². The number of methoxy groups -OCH3 is 1. The van der Waals surface area contributed by atoms with Gasteiger partial charge in [-0.1, -0.05) is 30.3 Å². The van der Waals surface area contributed by atoms with Gasteiger partial charge in [-0.05, 0) is 68.0 Å². The minimum atomic E-state index is -4.11. The van der Waals surface area contributed by atoms with Gasteiger partial charge in [-0.2, -0.15) is 18.3 Å². The van der Waals surface area contributed by atoms with Gasteiger partial charge in [0, 0.05) is 12.1 Å². The topological polar surface area (TPSA) is 85.4 Å². The zero-order valence-corrected chi connectivity index (χ0v) is 20.1. The molecule has 2 heterocycles. The lowest BCUT2D eigenvalue weighted by atomic mass is 9.98. The molecular formula is C26H30F3N5O2. The molecular weight excluding hydrogens is 471 g/mol. The number of nitrogens with two attached hydrogens (primary N) is 1. The summed E-state index contributed by atoms with van der Waals surface area (Å²) in [6.45, 7) is 0.154. The van der Waals surface area contributed by atoms with Crippen molar-refractivity contribution in [3.8, 4) is 11.4 Å². The molecule has 3 N–H and O–H groups in total. The maximum atomic E-state index is 12.3. The van der Waals surface area contributed by atoms with E-state index in [0.29, 0.717) is 18.9 Å². The van der Waals surface area contributed by atoms with Crippen LogP contribution in [0.2, 0.25) is 0 Å². The van der Waals surface area contributed by atoms with Crippen LogP contribution in [0, 0.1) is 0 Å². The van der Waals surface area contributed by atoms with E-state index in [0.717, 1.165) is 53.9 Å². The second-order valence-corrected chi connectivity index (χ2v) is 8.98. The van der Waals surface area contributed by atoms with Gasteiger partial charge in [0.15, 0.2) is 0 Å². The lowest BCUT2D eigenvalue weighted by molar-refractivity contribution is -0.143. The molecule has 1 atom stereocenters. The van der Waals surface area contributed by atoms with Crippen LogP contribution in [0.1, 0.15) is 35.6 Å². The normalized spacial score (nSPS) is 17.3. The van der Waals surface area contributed by atoms with E-state index >= 15 is 0 Å². The van der Waals surface area contributed by atoms with Crippen LogP contribution < -0.4 is 15.8 Å². The number of alkyl halides is 3. The smallest absolute Gasteiger partial charge is 0.401 e. The maximum absolute atomic E-state index is 12.3. The van der Waals surface area contributed by atoms with Crippen molar-refractivity contribution in [1.29, 1.82) is 0 Å². The minimum absolute atomic E-state index is 0.169. The Morgan fingerprint density at radius 3 is 2.64 bits per heavy atom. The van der Waals surface area contributed by atoms with E-state index in [4.69, 9.17) is 10.5 Å². The molecule has 0 spiro atoms. The molecule has 0 bridgehead atoms. The van der Waals surface area contributed by atoms with Crippen molar-refractivity contribution in [1.82, 2.24) is 14.7 Å². The molecule has 0 saturated carbocycles. The van der Waals surface area contributed by atoms with E-state index in [9.17, 15) is 18.0 Å². The van der Waals surface area contributed by atoms with Gasteiger partial charge in [0.25, 0.3) is 0 Å². The van der Waals surface area contributed by atoms with Gasteiger partial charge < -0.3 is 10.5 Å². The summed E-state index contributed by atoms with van der Waals surface area (Å²) in [5.74, 6) is 1.63. The van der Waals surface area contributed by atoms with Gasteiger partial charge in [0.2, 0.25) is 0 Å². The van der Waals surface area contributed by atoms with Crippen molar-refractivity contribution in [2.75, 3.05) is 32.1 Å². The van der Waals surface area contributed by atoms with Crippen LogP contribution in [0.15, 0.2) is 54.6 Å². The molecule has 2 amide bonds. The fourth-order valence-corrected chi connectivity index (χ4v) is 4.79. The van der Waals surface area contributed by atoms with Crippen LogP contribution in [0.5, 0.6) is 5.75 Å². The molecule has 1 aliphatic carbocycles. The highest BCUT2D eigenvalue weighted by Crippen LogP contribution is 2.32. The molecule has 7 nitrogen and oxygen atoms in total. The highest BCUT2D eigenvalue weighted by molar-refractivity contribution is 5.88. The number of hydrogen-bond donors (Lipinski definition) is 2. The Morgan fingerprint density at radius 2 is 1.94 bits per heavy atom. The average Bonchev–Trinajstić information content (AvgIpc) is 3.57. The molecule has 1 fully saturated rings. The quantitative estimate of drug-likeness (QED) is 0.521. The number of aryl methyl sites for hydroxylation is 1. The second-order valence-electron chi connectivity index (χ2n) is 8.98. The van der Waals surface area contributed by atoms with Crippen molar-refractivity contribution in [2.24, 2.45) is 5.73 Å². The van der Waals surface area contributed by atoms with E-state index in [1.165, 1.54) is 4.90 Å². The fraction of sp³-hybridized carbons (Fsp3) is 0.385. The lowest BCUT2D eigenvalue weighted by Crippen LogP contribution is -2.32. The van der Waals surface area contributed by atoms with E-state index in [1.807, 2.05) is 54.6 Å². The Bertz CT molecular complexity index is 1180. The van der Waals surface area contributed by atoms with Gasteiger partial charge in [0.05, 0.1) is 25.0 Å². The molecule has 10 heteroatoms. The predicted molar refractivity (Wildman–Crippen MR) is 132 cm³/mol. The zero-order chi connectivity index (χ0) is 25.7. The van der Waals surface area contributed by atoms with Crippen LogP contribution in [0.4, 0.5) is 23.8 Å². The number of para-hydroxylation sites is 1. The van der Waals surface area contributed by atoms with Gasteiger partial charge in [-0.25, -0.2) is 9.48 Å². The number of primary amides is 1. The second kappa shape index (κ2) is 11.0. The number of fused-ring (bicyclic) bond motifs is 1. The van der Waals surface area contributed by atoms with Crippen molar-refractivity contribution in [2.45, 2.75) is 37.8 Å². The summed E-state index contributed by atoms with van der Waals surface area (Å²) in [4.78, 5) is 12.6. The number of ether oxygens (including phenoxy) is 1. The Morgan fingerprint density at radius 1 is 1.17 bits per heavy atom.